The van der Waals surface area contributed by atoms with E-state index in [9.17, 15) is 0 Å². The van der Waals surface area contributed by atoms with Gasteiger partial charge in [0.25, 0.3) is 0 Å². The molecule has 1 saturated carbocycles. The smallest absolute Gasteiger partial charge is 0.0568 e. The minimum Gasteiger partial charge on any atom is -0.397 e. The Balaban J connectivity index is 1.90. The van der Waals surface area contributed by atoms with E-state index in [4.69, 9.17) is 11.5 Å². The maximum atomic E-state index is 5.79. The summed E-state index contributed by atoms with van der Waals surface area (Å²) in [5.41, 5.74) is 13.9. The van der Waals surface area contributed by atoms with Crippen LogP contribution >= 0.6 is 0 Å². The van der Waals surface area contributed by atoms with Crippen LogP contribution in [0.3, 0.4) is 0 Å². The molecule has 5 N–H and O–H groups in total. The van der Waals surface area contributed by atoms with Crippen molar-refractivity contribution in [3.8, 4) is 0 Å². The Kier molecular flexibility index (Phi) is 3.77. The van der Waals surface area contributed by atoms with Crippen LogP contribution in [-0.4, -0.2) is 6.54 Å². The largest absolute Gasteiger partial charge is 0.397 e. The molecule has 3 nitrogen and oxygen atoms in total. The highest BCUT2D eigenvalue weighted by molar-refractivity contribution is 5.69. The SMILES string of the molecule is CC1CCCCC1CNc1ccc(N)c(N)c1. The van der Waals surface area contributed by atoms with Crippen molar-refractivity contribution < 1.29 is 0 Å². The molecule has 2 atom stereocenters. The predicted molar refractivity (Wildman–Crippen MR) is 74.9 cm³/mol. The van der Waals surface area contributed by atoms with E-state index in [-0.39, 0.29) is 0 Å². The highest BCUT2D eigenvalue weighted by Gasteiger charge is 2.20. The lowest BCUT2D eigenvalue weighted by atomic mass is 9.80. The van der Waals surface area contributed by atoms with Crippen LogP contribution in [0, 0.1) is 11.8 Å². The average molecular weight is 233 g/mol. The van der Waals surface area contributed by atoms with Crippen LogP contribution in [-0.2, 0) is 0 Å². The zero-order valence-electron chi connectivity index (χ0n) is 10.6. The molecule has 1 aliphatic rings. The number of rotatable bonds is 3. The van der Waals surface area contributed by atoms with E-state index in [1.165, 1.54) is 25.7 Å². The molecule has 94 valence electrons. The van der Waals surface area contributed by atoms with Gasteiger partial charge in [-0.3, -0.25) is 0 Å². The molecule has 0 bridgehead atoms. The summed E-state index contributed by atoms with van der Waals surface area (Å²) in [5, 5.41) is 3.48. The second-order valence-corrected chi connectivity index (χ2v) is 5.25. The van der Waals surface area contributed by atoms with Gasteiger partial charge in [-0.25, -0.2) is 0 Å². The summed E-state index contributed by atoms with van der Waals surface area (Å²) in [6.07, 6.45) is 5.49. The van der Waals surface area contributed by atoms with Gasteiger partial charge in [0.05, 0.1) is 11.4 Å². The molecule has 17 heavy (non-hydrogen) atoms. The fourth-order valence-electron chi connectivity index (χ4n) is 2.63. The Labute approximate surface area is 104 Å². The van der Waals surface area contributed by atoms with E-state index in [2.05, 4.69) is 12.2 Å². The molecule has 1 fully saturated rings. The van der Waals surface area contributed by atoms with Crippen LogP contribution in [0.5, 0.6) is 0 Å². The van der Waals surface area contributed by atoms with Gasteiger partial charge in [0.1, 0.15) is 0 Å². The maximum absolute atomic E-state index is 5.79. The highest BCUT2D eigenvalue weighted by atomic mass is 14.9. The van der Waals surface area contributed by atoms with E-state index < -0.39 is 0 Å². The Bertz CT molecular complexity index is 376. The van der Waals surface area contributed by atoms with Crippen molar-refractivity contribution in [2.24, 2.45) is 11.8 Å². The highest BCUT2D eigenvalue weighted by Crippen LogP contribution is 2.30. The van der Waals surface area contributed by atoms with Crippen molar-refractivity contribution in [2.45, 2.75) is 32.6 Å². The first kappa shape index (κ1) is 12.1. The first-order valence-corrected chi connectivity index (χ1v) is 6.55. The third kappa shape index (κ3) is 3.05. The van der Waals surface area contributed by atoms with Crippen LogP contribution in [0.1, 0.15) is 32.6 Å². The molecular weight excluding hydrogens is 210 g/mol. The predicted octanol–water partition coefficient (Wildman–Crippen LogP) is 3.09. The quantitative estimate of drug-likeness (QED) is 0.703. The van der Waals surface area contributed by atoms with E-state index in [0.717, 1.165) is 24.1 Å². The van der Waals surface area contributed by atoms with Gasteiger partial charge in [-0.1, -0.05) is 26.2 Å². The molecule has 2 unspecified atom stereocenters. The van der Waals surface area contributed by atoms with E-state index >= 15 is 0 Å². The molecule has 1 aliphatic carbocycles. The fourth-order valence-corrected chi connectivity index (χ4v) is 2.63. The van der Waals surface area contributed by atoms with Gasteiger partial charge in [0.2, 0.25) is 0 Å². The third-order valence-corrected chi connectivity index (χ3v) is 3.94. The number of benzene rings is 1. The Hall–Kier alpha value is -1.38. The summed E-state index contributed by atoms with van der Waals surface area (Å²) < 4.78 is 0. The second kappa shape index (κ2) is 5.30. The minimum absolute atomic E-state index is 0.654. The third-order valence-electron chi connectivity index (χ3n) is 3.94. The Morgan fingerprint density at radius 2 is 1.94 bits per heavy atom. The Morgan fingerprint density at radius 1 is 1.18 bits per heavy atom. The maximum Gasteiger partial charge on any atom is 0.0568 e. The number of nitrogen functional groups attached to an aromatic ring is 2. The summed E-state index contributed by atoms with van der Waals surface area (Å²) >= 11 is 0. The molecule has 0 aromatic heterocycles. The molecule has 2 rings (SSSR count). The van der Waals surface area contributed by atoms with Crippen LogP contribution in [0.4, 0.5) is 17.1 Å². The molecule has 1 aromatic rings. The van der Waals surface area contributed by atoms with E-state index in [0.29, 0.717) is 11.4 Å². The number of hydrogen-bond donors (Lipinski definition) is 3. The molecule has 3 heteroatoms. The summed E-state index contributed by atoms with van der Waals surface area (Å²) in [4.78, 5) is 0. The normalized spacial score (nSPS) is 24.5. The number of hydrogen-bond acceptors (Lipinski definition) is 3. The van der Waals surface area contributed by atoms with Crippen LogP contribution < -0.4 is 16.8 Å². The van der Waals surface area contributed by atoms with Gasteiger partial charge < -0.3 is 16.8 Å². The van der Waals surface area contributed by atoms with Crippen LogP contribution in [0.2, 0.25) is 0 Å². The molecule has 0 saturated heterocycles. The standard InChI is InChI=1S/C14H23N3/c1-10-4-2-3-5-11(10)9-17-12-6-7-13(15)14(16)8-12/h6-8,10-11,17H,2-5,9,15-16H2,1H3. The van der Waals surface area contributed by atoms with Crippen LogP contribution in [0.25, 0.3) is 0 Å². The first-order valence-electron chi connectivity index (χ1n) is 6.55. The zero-order chi connectivity index (χ0) is 12.3. The van der Waals surface area contributed by atoms with Gasteiger partial charge in [-0.2, -0.15) is 0 Å². The number of nitrogens with two attached hydrogens (primary N) is 2. The molecule has 0 spiro atoms. The molecule has 0 radical (unpaired) electrons. The second-order valence-electron chi connectivity index (χ2n) is 5.25. The first-order chi connectivity index (χ1) is 8.16. The molecule has 1 aromatic carbocycles. The van der Waals surface area contributed by atoms with Crippen molar-refractivity contribution in [3.63, 3.8) is 0 Å². The van der Waals surface area contributed by atoms with Crippen molar-refractivity contribution in [1.29, 1.82) is 0 Å². The number of anilines is 3. The van der Waals surface area contributed by atoms with Gasteiger partial charge in [0, 0.05) is 12.2 Å². The van der Waals surface area contributed by atoms with Crippen molar-refractivity contribution in [3.05, 3.63) is 18.2 Å². The summed E-state index contributed by atoms with van der Waals surface area (Å²) in [6.45, 7) is 3.41. The van der Waals surface area contributed by atoms with Gasteiger partial charge in [0.15, 0.2) is 0 Å². The topological polar surface area (TPSA) is 64.1 Å². The average Bonchev–Trinajstić information content (AvgIpc) is 2.32. The lowest BCUT2D eigenvalue weighted by molar-refractivity contribution is 0.268. The van der Waals surface area contributed by atoms with Crippen molar-refractivity contribution in [2.75, 3.05) is 23.3 Å². The van der Waals surface area contributed by atoms with E-state index in [1.54, 1.807) is 0 Å². The monoisotopic (exact) mass is 233 g/mol. The summed E-state index contributed by atoms with van der Waals surface area (Å²) in [6, 6.07) is 5.78. The van der Waals surface area contributed by atoms with Crippen LogP contribution in [0.15, 0.2) is 18.2 Å². The molecular formula is C14H23N3. The summed E-state index contributed by atoms with van der Waals surface area (Å²) in [7, 11) is 0. The fraction of sp³-hybridized carbons (Fsp3) is 0.571. The zero-order valence-corrected chi connectivity index (χ0v) is 10.6. The minimum atomic E-state index is 0.654. The van der Waals surface area contributed by atoms with E-state index in [1.807, 2.05) is 18.2 Å². The van der Waals surface area contributed by atoms with Gasteiger partial charge in [-0.05, 0) is 36.5 Å². The van der Waals surface area contributed by atoms with Gasteiger partial charge in [-0.15, -0.1) is 0 Å². The van der Waals surface area contributed by atoms with Crippen molar-refractivity contribution >= 4 is 17.1 Å². The molecule has 0 amide bonds. The number of nitrogens with one attached hydrogen (secondary N) is 1. The molecule has 0 aliphatic heterocycles. The van der Waals surface area contributed by atoms with Gasteiger partial charge >= 0.3 is 0 Å². The lowest BCUT2D eigenvalue weighted by Gasteiger charge is -2.29. The van der Waals surface area contributed by atoms with Crippen molar-refractivity contribution in [1.82, 2.24) is 0 Å². The molecule has 0 heterocycles. The summed E-state index contributed by atoms with van der Waals surface area (Å²) in [5.74, 6) is 1.63. The Morgan fingerprint density at radius 3 is 2.65 bits per heavy atom. The lowest BCUT2D eigenvalue weighted by Crippen LogP contribution is -2.24.